The van der Waals surface area contributed by atoms with Crippen molar-refractivity contribution in [3.05, 3.63) is 52.2 Å². The van der Waals surface area contributed by atoms with Crippen LogP contribution >= 0.6 is 0 Å². The molecule has 182 valence electrons. The molecule has 3 aromatic rings. The molecule has 2 N–H and O–H groups in total. The Balaban J connectivity index is 1.22. The molecule has 5 rings (SSSR count). The second-order valence-corrected chi connectivity index (χ2v) is 8.17. The minimum absolute atomic E-state index is 0.139. The number of carbonyl (C=O) groups excluding carboxylic acids is 2. The normalized spacial score (nSPS) is 17.2. The number of rotatable bonds is 7. The zero-order valence-corrected chi connectivity index (χ0v) is 18.9. The van der Waals surface area contributed by atoms with Crippen LogP contribution in [-0.4, -0.2) is 58.9 Å². The van der Waals surface area contributed by atoms with Crippen molar-refractivity contribution in [1.82, 2.24) is 19.9 Å². The van der Waals surface area contributed by atoms with Crippen LogP contribution in [0.4, 0.5) is 20.8 Å². The van der Waals surface area contributed by atoms with Crippen molar-refractivity contribution < 1.29 is 23.5 Å². The molecule has 2 aliphatic rings. The number of halogens is 1. The smallest absolute Gasteiger partial charge is 0.416 e. The number of aromatic nitrogens is 3. The van der Waals surface area contributed by atoms with Crippen molar-refractivity contribution in [2.75, 3.05) is 36.5 Å². The number of carbonyl (C=O) groups is 2. The second kappa shape index (κ2) is 9.29. The molecule has 1 unspecified atom stereocenters. The molecule has 0 bridgehead atoms. The summed E-state index contributed by atoms with van der Waals surface area (Å²) in [4.78, 5) is 45.8. The molecule has 2 amide bonds. The van der Waals surface area contributed by atoms with E-state index in [1.165, 1.54) is 23.2 Å². The zero-order chi connectivity index (χ0) is 24.5. The summed E-state index contributed by atoms with van der Waals surface area (Å²) in [5, 5.41) is 6.55. The summed E-state index contributed by atoms with van der Waals surface area (Å²) in [6.07, 6.45) is 0.690. The zero-order valence-electron chi connectivity index (χ0n) is 18.9. The second-order valence-electron chi connectivity index (χ2n) is 8.17. The van der Waals surface area contributed by atoms with Crippen LogP contribution in [0, 0.1) is 5.82 Å². The quantitative estimate of drug-likeness (QED) is 0.485. The minimum Gasteiger partial charge on any atom is -0.465 e. The molecule has 2 aromatic heterocycles. The topological polar surface area (TPSA) is 128 Å². The van der Waals surface area contributed by atoms with E-state index in [0.29, 0.717) is 37.1 Å². The monoisotopic (exact) mass is 482 g/mol. The molecule has 0 aliphatic carbocycles. The highest BCUT2D eigenvalue weighted by Gasteiger charge is 2.34. The average Bonchev–Trinajstić information content (AvgIpc) is 3.22. The number of hydrogen-bond donors (Lipinski definition) is 2. The third kappa shape index (κ3) is 4.39. The molecular weight excluding hydrogens is 459 g/mol. The lowest BCUT2D eigenvalue weighted by Crippen LogP contribution is -2.33. The van der Waals surface area contributed by atoms with E-state index in [0.717, 1.165) is 5.39 Å². The molecule has 35 heavy (non-hydrogen) atoms. The van der Waals surface area contributed by atoms with E-state index in [-0.39, 0.29) is 48.0 Å². The number of nitrogens with zero attached hydrogens (tertiary/aromatic N) is 4. The summed E-state index contributed by atoms with van der Waals surface area (Å²) in [5.41, 5.74) is 0.893. The van der Waals surface area contributed by atoms with Gasteiger partial charge in [0.2, 0.25) is 0 Å². The Morgan fingerprint density at radius 1 is 1.23 bits per heavy atom. The first kappa shape index (κ1) is 22.7. The largest absolute Gasteiger partial charge is 0.465 e. The van der Waals surface area contributed by atoms with Crippen molar-refractivity contribution in [2.24, 2.45) is 0 Å². The third-order valence-electron chi connectivity index (χ3n) is 5.91. The van der Waals surface area contributed by atoms with E-state index in [9.17, 15) is 18.8 Å². The molecule has 4 heterocycles. The molecule has 1 fully saturated rings. The van der Waals surface area contributed by atoms with Crippen molar-refractivity contribution in [1.29, 1.82) is 0 Å². The first-order valence-corrected chi connectivity index (χ1v) is 11.2. The van der Waals surface area contributed by atoms with Crippen LogP contribution in [-0.2, 0) is 22.5 Å². The molecule has 0 saturated carbocycles. The summed E-state index contributed by atoms with van der Waals surface area (Å²) in [6, 6.07) is 6.26. The number of amides is 2. The highest BCUT2D eigenvalue weighted by Crippen LogP contribution is 2.27. The van der Waals surface area contributed by atoms with Gasteiger partial charge >= 0.3 is 6.09 Å². The fraction of sp³-hybridized carbons (Fsp3) is 0.348. The number of hydrogen-bond acceptors (Lipinski definition) is 8. The highest BCUT2D eigenvalue weighted by molar-refractivity contribution is 5.94. The predicted molar refractivity (Wildman–Crippen MR) is 124 cm³/mol. The van der Waals surface area contributed by atoms with Gasteiger partial charge in [0.05, 0.1) is 18.3 Å². The maximum atomic E-state index is 14.7. The molecule has 12 heteroatoms. The van der Waals surface area contributed by atoms with Crippen LogP contribution in [0.15, 0.2) is 35.3 Å². The number of cyclic esters (lactones) is 1. The summed E-state index contributed by atoms with van der Waals surface area (Å²) in [7, 11) is 0. The summed E-state index contributed by atoms with van der Waals surface area (Å²) < 4.78 is 26.8. The standard InChI is InChI=1S/C23H23FN6O5/c1-2-29-19(32)6-4-13-3-5-16(24)15(20(13)29)7-8-25-9-14-11-30(23(33)35-14)17-10-26-22-21(27-17)28-18(31)12-34-22/h3-6,10,14,25H,2,7-9,11-12H2,1H3,(H,27,28,31). The fourth-order valence-electron chi connectivity index (χ4n) is 4.28. The van der Waals surface area contributed by atoms with Crippen molar-refractivity contribution >= 4 is 34.5 Å². The van der Waals surface area contributed by atoms with Gasteiger partial charge in [-0.05, 0) is 43.5 Å². The number of pyridine rings is 1. The Morgan fingerprint density at radius 3 is 2.89 bits per heavy atom. The van der Waals surface area contributed by atoms with Crippen LogP contribution in [0.5, 0.6) is 5.88 Å². The minimum atomic E-state index is -0.582. The molecule has 1 aromatic carbocycles. The van der Waals surface area contributed by atoms with Gasteiger partial charge in [0, 0.05) is 24.7 Å². The molecule has 0 radical (unpaired) electrons. The Kier molecular flexibility index (Phi) is 6.03. The lowest BCUT2D eigenvalue weighted by atomic mass is 10.1. The van der Waals surface area contributed by atoms with E-state index in [1.807, 2.05) is 6.92 Å². The van der Waals surface area contributed by atoms with Crippen molar-refractivity contribution in [2.45, 2.75) is 26.0 Å². The van der Waals surface area contributed by atoms with Crippen LogP contribution < -0.4 is 25.8 Å². The van der Waals surface area contributed by atoms with Gasteiger partial charge in [0.1, 0.15) is 11.9 Å². The molecule has 0 spiro atoms. The number of aryl methyl sites for hydroxylation is 1. The number of benzene rings is 1. The van der Waals surface area contributed by atoms with Gasteiger partial charge in [-0.25, -0.2) is 19.2 Å². The first-order valence-electron chi connectivity index (χ1n) is 11.2. The Bertz CT molecular complexity index is 1380. The maximum Gasteiger partial charge on any atom is 0.416 e. The predicted octanol–water partition coefficient (Wildman–Crippen LogP) is 1.44. The van der Waals surface area contributed by atoms with E-state index in [1.54, 1.807) is 16.7 Å². The molecular formula is C23H23FN6O5. The summed E-state index contributed by atoms with van der Waals surface area (Å²) >= 11 is 0. The van der Waals surface area contributed by atoms with E-state index in [4.69, 9.17) is 9.47 Å². The molecule has 2 aliphatic heterocycles. The van der Waals surface area contributed by atoms with Crippen molar-refractivity contribution in [3.63, 3.8) is 0 Å². The van der Waals surface area contributed by atoms with Crippen LogP contribution in [0.2, 0.25) is 0 Å². The number of anilines is 2. The third-order valence-corrected chi connectivity index (χ3v) is 5.91. The van der Waals surface area contributed by atoms with Gasteiger partial charge in [-0.3, -0.25) is 14.5 Å². The van der Waals surface area contributed by atoms with Gasteiger partial charge in [0.25, 0.3) is 17.3 Å². The highest BCUT2D eigenvalue weighted by atomic mass is 19.1. The van der Waals surface area contributed by atoms with Gasteiger partial charge in [-0.2, -0.15) is 0 Å². The fourth-order valence-corrected chi connectivity index (χ4v) is 4.28. The van der Waals surface area contributed by atoms with Crippen LogP contribution in [0.1, 0.15) is 12.5 Å². The summed E-state index contributed by atoms with van der Waals surface area (Å²) in [6.45, 7) is 3.13. The lowest BCUT2D eigenvalue weighted by Gasteiger charge is -2.18. The van der Waals surface area contributed by atoms with Crippen LogP contribution in [0.25, 0.3) is 10.9 Å². The number of ether oxygens (including phenoxy) is 2. The van der Waals surface area contributed by atoms with Crippen LogP contribution in [0.3, 0.4) is 0 Å². The van der Waals surface area contributed by atoms with E-state index >= 15 is 0 Å². The average molecular weight is 482 g/mol. The Morgan fingerprint density at radius 2 is 2.06 bits per heavy atom. The molecule has 11 nitrogen and oxygen atoms in total. The lowest BCUT2D eigenvalue weighted by molar-refractivity contribution is -0.118. The van der Waals surface area contributed by atoms with E-state index < -0.39 is 12.2 Å². The van der Waals surface area contributed by atoms with Gasteiger partial charge < -0.3 is 24.7 Å². The van der Waals surface area contributed by atoms with E-state index in [2.05, 4.69) is 20.6 Å². The Labute approximate surface area is 198 Å². The Hall–Kier alpha value is -4.06. The van der Waals surface area contributed by atoms with Crippen molar-refractivity contribution in [3.8, 4) is 5.88 Å². The van der Waals surface area contributed by atoms with Gasteiger partial charge in [0.15, 0.2) is 18.2 Å². The van der Waals surface area contributed by atoms with Gasteiger partial charge in [-0.1, -0.05) is 0 Å². The summed E-state index contributed by atoms with van der Waals surface area (Å²) in [5.74, 6) is -0.150. The molecule has 1 atom stereocenters. The number of fused-ring (bicyclic) bond motifs is 2. The van der Waals surface area contributed by atoms with Gasteiger partial charge in [-0.15, -0.1) is 0 Å². The maximum absolute atomic E-state index is 14.7. The SMILES string of the molecule is CCn1c(=O)ccc2ccc(F)c(CCNCC3CN(c4cnc5c(n4)NC(=O)CO5)C(=O)O3)c21. The first-order chi connectivity index (χ1) is 16.9. The number of nitrogens with one attached hydrogen (secondary N) is 2. The molecule has 1 saturated heterocycles.